The van der Waals surface area contributed by atoms with Gasteiger partial charge in [-0.3, -0.25) is 0 Å². The van der Waals surface area contributed by atoms with Crippen LogP contribution in [-0.4, -0.2) is 16.1 Å². The quantitative estimate of drug-likeness (QED) is 0.721. The van der Waals surface area contributed by atoms with E-state index >= 15 is 0 Å². The average molecular weight is 192 g/mol. The van der Waals surface area contributed by atoms with E-state index in [2.05, 4.69) is 16.9 Å². The Balaban J connectivity index is 1.87. The highest BCUT2D eigenvalue weighted by Crippen LogP contribution is 2.25. The van der Waals surface area contributed by atoms with E-state index in [0.717, 1.165) is 18.8 Å². The molecule has 1 aliphatic carbocycles. The minimum absolute atomic E-state index is 0.327. The molecule has 1 fully saturated rings. The summed E-state index contributed by atoms with van der Waals surface area (Å²) in [7, 11) is 0. The van der Waals surface area contributed by atoms with Crippen LogP contribution in [0.2, 0.25) is 0 Å². The summed E-state index contributed by atoms with van der Waals surface area (Å²) in [5, 5.41) is 0. The van der Waals surface area contributed by atoms with E-state index in [1.807, 2.05) is 0 Å². The molecule has 0 N–H and O–H groups in total. The van der Waals surface area contributed by atoms with Crippen LogP contribution < -0.4 is 4.74 Å². The van der Waals surface area contributed by atoms with E-state index in [0.29, 0.717) is 12.1 Å². The maximum atomic E-state index is 5.68. The summed E-state index contributed by atoms with van der Waals surface area (Å²) in [6.45, 7) is 2.30. The van der Waals surface area contributed by atoms with Crippen LogP contribution in [0.3, 0.4) is 0 Å². The Morgan fingerprint density at radius 2 is 1.79 bits per heavy atom. The molecule has 0 bridgehead atoms. The van der Waals surface area contributed by atoms with Crippen molar-refractivity contribution in [2.45, 2.75) is 38.7 Å². The number of ether oxygens (including phenoxy) is 1. The summed E-state index contributed by atoms with van der Waals surface area (Å²) in [4.78, 5) is 8.12. The van der Waals surface area contributed by atoms with E-state index in [-0.39, 0.29) is 0 Å². The molecule has 1 saturated carbocycles. The first-order valence-electron chi connectivity index (χ1n) is 5.28. The van der Waals surface area contributed by atoms with Crippen LogP contribution in [0.15, 0.2) is 18.5 Å². The minimum atomic E-state index is 0.327. The third-order valence-corrected chi connectivity index (χ3v) is 2.78. The molecule has 1 aromatic rings. The Morgan fingerprint density at radius 3 is 2.43 bits per heavy atom. The van der Waals surface area contributed by atoms with Gasteiger partial charge < -0.3 is 4.74 Å². The maximum absolute atomic E-state index is 5.68. The van der Waals surface area contributed by atoms with Gasteiger partial charge in [0.1, 0.15) is 6.10 Å². The molecule has 0 atom stereocenters. The highest BCUT2D eigenvalue weighted by molar-refractivity contribution is 4.94. The lowest BCUT2D eigenvalue weighted by atomic mass is 9.89. The molecule has 14 heavy (non-hydrogen) atoms. The van der Waals surface area contributed by atoms with E-state index in [4.69, 9.17) is 4.74 Å². The molecular weight excluding hydrogens is 176 g/mol. The van der Waals surface area contributed by atoms with E-state index in [1.54, 1.807) is 18.5 Å². The number of hydrogen-bond acceptors (Lipinski definition) is 3. The Morgan fingerprint density at radius 1 is 1.14 bits per heavy atom. The molecule has 3 heteroatoms. The molecule has 0 spiro atoms. The SMILES string of the molecule is CC1CCC(Oc2ncccn2)CC1. The summed E-state index contributed by atoms with van der Waals surface area (Å²) >= 11 is 0. The van der Waals surface area contributed by atoms with Gasteiger partial charge in [0.25, 0.3) is 0 Å². The van der Waals surface area contributed by atoms with Crippen molar-refractivity contribution in [1.29, 1.82) is 0 Å². The van der Waals surface area contributed by atoms with Gasteiger partial charge in [0, 0.05) is 12.4 Å². The third kappa shape index (κ3) is 2.44. The van der Waals surface area contributed by atoms with Crippen molar-refractivity contribution < 1.29 is 4.74 Å². The highest BCUT2D eigenvalue weighted by atomic mass is 16.5. The predicted octanol–water partition coefficient (Wildman–Crippen LogP) is 2.43. The van der Waals surface area contributed by atoms with Gasteiger partial charge in [0.15, 0.2) is 0 Å². The van der Waals surface area contributed by atoms with Gasteiger partial charge in [-0.05, 0) is 37.7 Å². The van der Waals surface area contributed by atoms with Crippen LogP contribution in [0.4, 0.5) is 0 Å². The van der Waals surface area contributed by atoms with Crippen molar-refractivity contribution in [3.8, 4) is 6.01 Å². The van der Waals surface area contributed by atoms with Gasteiger partial charge in [-0.2, -0.15) is 0 Å². The van der Waals surface area contributed by atoms with Gasteiger partial charge in [-0.25, -0.2) is 9.97 Å². The lowest BCUT2D eigenvalue weighted by Gasteiger charge is -2.25. The number of aromatic nitrogens is 2. The fraction of sp³-hybridized carbons (Fsp3) is 0.636. The van der Waals surface area contributed by atoms with Gasteiger partial charge in [0.05, 0.1) is 0 Å². The molecule has 1 aliphatic rings. The molecule has 0 aromatic carbocycles. The number of rotatable bonds is 2. The van der Waals surface area contributed by atoms with Crippen molar-refractivity contribution in [3.63, 3.8) is 0 Å². The molecule has 0 amide bonds. The summed E-state index contributed by atoms with van der Waals surface area (Å²) in [5.41, 5.74) is 0. The van der Waals surface area contributed by atoms with E-state index in [9.17, 15) is 0 Å². The highest BCUT2D eigenvalue weighted by Gasteiger charge is 2.19. The lowest BCUT2D eigenvalue weighted by molar-refractivity contribution is 0.124. The average Bonchev–Trinajstić information content (AvgIpc) is 2.23. The van der Waals surface area contributed by atoms with Crippen molar-refractivity contribution in [3.05, 3.63) is 18.5 Å². The zero-order chi connectivity index (χ0) is 9.80. The first kappa shape index (κ1) is 9.44. The zero-order valence-corrected chi connectivity index (χ0v) is 8.52. The van der Waals surface area contributed by atoms with Crippen LogP contribution in [0.1, 0.15) is 32.6 Å². The molecule has 1 aromatic heterocycles. The Hall–Kier alpha value is -1.12. The van der Waals surface area contributed by atoms with Gasteiger partial charge in [0.2, 0.25) is 0 Å². The van der Waals surface area contributed by atoms with Crippen molar-refractivity contribution in [2.75, 3.05) is 0 Å². The summed E-state index contributed by atoms with van der Waals surface area (Å²) in [6, 6.07) is 2.32. The van der Waals surface area contributed by atoms with Crippen LogP contribution in [0.25, 0.3) is 0 Å². The summed E-state index contributed by atoms with van der Waals surface area (Å²) < 4.78 is 5.68. The zero-order valence-electron chi connectivity index (χ0n) is 8.52. The normalized spacial score (nSPS) is 27.2. The Bertz CT molecular complexity index is 268. The maximum Gasteiger partial charge on any atom is 0.316 e. The van der Waals surface area contributed by atoms with Crippen LogP contribution in [-0.2, 0) is 0 Å². The van der Waals surface area contributed by atoms with Crippen LogP contribution in [0.5, 0.6) is 6.01 Å². The molecule has 0 radical (unpaired) electrons. The second-order valence-corrected chi connectivity index (χ2v) is 4.03. The van der Waals surface area contributed by atoms with E-state index in [1.165, 1.54) is 12.8 Å². The first-order valence-corrected chi connectivity index (χ1v) is 5.28. The van der Waals surface area contributed by atoms with Gasteiger partial charge in [-0.15, -0.1) is 0 Å². The smallest absolute Gasteiger partial charge is 0.316 e. The Kier molecular flexibility index (Phi) is 2.96. The Labute approximate surface area is 84.5 Å². The molecule has 76 valence electrons. The second kappa shape index (κ2) is 4.40. The third-order valence-electron chi connectivity index (χ3n) is 2.78. The molecule has 0 saturated heterocycles. The van der Waals surface area contributed by atoms with Crippen molar-refractivity contribution in [2.24, 2.45) is 5.92 Å². The fourth-order valence-electron chi connectivity index (χ4n) is 1.84. The first-order chi connectivity index (χ1) is 6.84. The van der Waals surface area contributed by atoms with Crippen molar-refractivity contribution in [1.82, 2.24) is 9.97 Å². The topological polar surface area (TPSA) is 35.0 Å². The molecule has 2 rings (SSSR count). The fourth-order valence-corrected chi connectivity index (χ4v) is 1.84. The molecule has 0 aliphatic heterocycles. The second-order valence-electron chi connectivity index (χ2n) is 4.03. The minimum Gasteiger partial charge on any atom is -0.460 e. The largest absolute Gasteiger partial charge is 0.460 e. The van der Waals surface area contributed by atoms with Crippen molar-refractivity contribution >= 4 is 0 Å². The van der Waals surface area contributed by atoms with Gasteiger partial charge >= 0.3 is 6.01 Å². The molecular formula is C11H16N2O. The summed E-state index contributed by atoms with van der Waals surface area (Å²) in [5.74, 6) is 0.853. The van der Waals surface area contributed by atoms with Crippen LogP contribution >= 0.6 is 0 Å². The predicted molar refractivity (Wildman–Crippen MR) is 54.1 cm³/mol. The lowest BCUT2D eigenvalue weighted by Crippen LogP contribution is -2.23. The van der Waals surface area contributed by atoms with Gasteiger partial charge in [-0.1, -0.05) is 6.92 Å². The van der Waals surface area contributed by atoms with Crippen LogP contribution in [0, 0.1) is 5.92 Å². The number of nitrogens with zero attached hydrogens (tertiary/aromatic N) is 2. The summed E-state index contributed by atoms with van der Waals surface area (Å²) in [6.07, 6.45) is 8.56. The number of hydrogen-bond donors (Lipinski definition) is 0. The molecule has 1 heterocycles. The standard InChI is InChI=1S/C11H16N2O/c1-9-3-5-10(6-4-9)14-11-12-7-2-8-13-11/h2,7-10H,3-6H2,1H3. The molecule has 0 unspecified atom stereocenters. The monoisotopic (exact) mass is 192 g/mol. The van der Waals surface area contributed by atoms with E-state index < -0.39 is 0 Å². The molecule has 3 nitrogen and oxygen atoms in total.